The molecule has 0 saturated carbocycles. The molecule has 0 unspecified atom stereocenters. The summed E-state index contributed by atoms with van der Waals surface area (Å²) < 4.78 is 4.33. The van der Waals surface area contributed by atoms with E-state index in [0.29, 0.717) is 12.6 Å². The Hall–Kier alpha value is -2.87. The summed E-state index contributed by atoms with van der Waals surface area (Å²) in [5.74, 6) is 0.999. The quantitative estimate of drug-likeness (QED) is 0.612. The molecule has 0 aliphatic carbocycles. The Morgan fingerprint density at radius 3 is 2.92 bits per heavy atom. The number of imidazole rings is 2. The van der Waals surface area contributed by atoms with Crippen molar-refractivity contribution in [3.05, 3.63) is 43.0 Å². The largest absolute Gasteiger partial charge is 0.317 e. The topological polar surface area (TPSA) is 86.3 Å². The Labute approximate surface area is 144 Å². The molecule has 4 aromatic rings. The summed E-state index contributed by atoms with van der Waals surface area (Å²) >= 11 is 0. The van der Waals surface area contributed by atoms with Crippen LogP contribution in [0.25, 0.3) is 22.3 Å². The Morgan fingerprint density at radius 1 is 1.08 bits per heavy atom. The number of hydrogen-bond donors (Lipinski definition) is 1. The summed E-state index contributed by atoms with van der Waals surface area (Å²) in [5.41, 5.74) is 3.52. The zero-order valence-corrected chi connectivity index (χ0v) is 13.7. The van der Waals surface area contributed by atoms with E-state index in [9.17, 15) is 0 Å². The van der Waals surface area contributed by atoms with Crippen LogP contribution < -0.4 is 5.32 Å². The molecule has 1 aliphatic rings. The smallest absolute Gasteiger partial charge is 0.163 e. The van der Waals surface area contributed by atoms with E-state index >= 15 is 0 Å². The lowest BCUT2D eigenvalue weighted by Gasteiger charge is -2.26. The van der Waals surface area contributed by atoms with Crippen LogP contribution in [-0.2, 0) is 6.54 Å². The van der Waals surface area contributed by atoms with Gasteiger partial charge in [0.15, 0.2) is 11.3 Å². The summed E-state index contributed by atoms with van der Waals surface area (Å²) in [7, 11) is 0. The molecular weight excluding hydrogens is 316 g/mol. The van der Waals surface area contributed by atoms with E-state index in [-0.39, 0.29) is 0 Å². The maximum Gasteiger partial charge on any atom is 0.163 e. The molecule has 126 valence electrons. The van der Waals surface area contributed by atoms with E-state index in [0.717, 1.165) is 54.1 Å². The van der Waals surface area contributed by atoms with Crippen molar-refractivity contribution >= 4 is 22.3 Å². The molecule has 1 N–H and O–H groups in total. The van der Waals surface area contributed by atoms with Gasteiger partial charge in [-0.2, -0.15) is 0 Å². The van der Waals surface area contributed by atoms with Crippen LogP contribution in [0.5, 0.6) is 0 Å². The lowest BCUT2D eigenvalue weighted by Crippen LogP contribution is -2.30. The van der Waals surface area contributed by atoms with Crippen LogP contribution in [-0.4, -0.2) is 47.1 Å². The minimum absolute atomic E-state index is 0.417. The molecule has 4 aromatic heterocycles. The predicted octanol–water partition coefficient (Wildman–Crippen LogP) is 1.54. The number of pyridine rings is 1. The van der Waals surface area contributed by atoms with E-state index in [1.165, 1.54) is 0 Å². The van der Waals surface area contributed by atoms with E-state index in [1.807, 2.05) is 22.9 Å². The average Bonchev–Trinajstić information content (AvgIpc) is 3.24. The molecule has 1 fully saturated rings. The maximum atomic E-state index is 4.86. The molecule has 0 aromatic carbocycles. The number of aromatic nitrogens is 7. The first-order valence-corrected chi connectivity index (χ1v) is 8.53. The zero-order valence-electron chi connectivity index (χ0n) is 13.7. The van der Waals surface area contributed by atoms with E-state index < -0.39 is 0 Å². The fourth-order valence-corrected chi connectivity index (χ4v) is 3.62. The van der Waals surface area contributed by atoms with Crippen LogP contribution in [0.15, 0.2) is 37.2 Å². The second-order valence-corrected chi connectivity index (χ2v) is 6.33. The second kappa shape index (κ2) is 5.89. The maximum absolute atomic E-state index is 4.86. The fourth-order valence-electron chi connectivity index (χ4n) is 3.62. The van der Waals surface area contributed by atoms with Crippen LogP contribution in [0.2, 0.25) is 0 Å². The lowest BCUT2D eigenvalue weighted by molar-refractivity contribution is 0.364. The Morgan fingerprint density at radius 2 is 2.00 bits per heavy atom. The van der Waals surface area contributed by atoms with Crippen molar-refractivity contribution in [3.63, 3.8) is 0 Å². The third-order valence-corrected chi connectivity index (χ3v) is 4.79. The molecule has 0 bridgehead atoms. The number of nitrogens with zero attached hydrogens (tertiary/aromatic N) is 7. The van der Waals surface area contributed by atoms with E-state index in [4.69, 9.17) is 4.98 Å². The standard InChI is InChI=1S/C17H18N8/c1-2-13-17(20-5-1)25(12-3-6-18-7-4-12)15(23-13)9-24-11-22-14-8-19-10-21-16(14)24/h1-2,5,8,10-12,18H,3-4,6-7,9H2. The SMILES string of the molecule is c1cnc2c(c1)nc(Cn1cnc3cncnc31)n2C1CCNCC1. The van der Waals surface area contributed by atoms with Gasteiger partial charge >= 0.3 is 0 Å². The van der Waals surface area contributed by atoms with E-state index in [2.05, 4.69) is 29.8 Å². The Bertz CT molecular complexity index is 1030. The first kappa shape index (κ1) is 14.5. The van der Waals surface area contributed by atoms with Gasteiger partial charge in [0.05, 0.1) is 19.1 Å². The van der Waals surface area contributed by atoms with Crippen molar-refractivity contribution in [1.82, 2.24) is 39.4 Å². The first-order chi connectivity index (χ1) is 12.4. The minimum atomic E-state index is 0.417. The van der Waals surface area contributed by atoms with E-state index in [1.54, 1.807) is 18.9 Å². The van der Waals surface area contributed by atoms with Gasteiger partial charge in [0.1, 0.15) is 23.2 Å². The van der Waals surface area contributed by atoms with Crippen LogP contribution in [0.4, 0.5) is 0 Å². The number of hydrogen-bond acceptors (Lipinski definition) is 6. The van der Waals surface area contributed by atoms with Gasteiger partial charge in [0, 0.05) is 12.2 Å². The van der Waals surface area contributed by atoms with Crippen molar-refractivity contribution in [2.45, 2.75) is 25.4 Å². The van der Waals surface area contributed by atoms with Gasteiger partial charge in [-0.25, -0.2) is 24.9 Å². The molecular formula is C17H18N8. The van der Waals surface area contributed by atoms with Crippen LogP contribution >= 0.6 is 0 Å². The van der Waals surface area contributed by atoms with Gasteiger partial charge in [0.2, 0.25) is 0 Å². The third-order valence-electron chi connectivity index (χ3n) is 4.79. The van der Waals surface area contributed by atoms with Gasteiger partial charge in [-0.1, -0.05) is 0 Å². The van der Waals surface area contributed by atoms with Crippen molar-refractivity contribution in [1.29, 1.82) is 0 Å². The van der Waals surface area contributed by atoms with Crippen molar-refractivity contribution < 1.29 is 0 Å². The molecule has 0 amide bonds. The average molecular weight is 334 g/mol. The van der Waals surface area contributed by atoms with Crippen LogP contribution in [0.1, 0.15) is 24.7 Å². The molecule has 8 heteroatoms. The van der Waals surface area contributed by atoms with Gasteiger partial charge in [-0.15, -0.1) is 0 Å². The van der Waals surface area contributed by atoms with Gasteiger partial charge in [-0.05, 0) is 38.1 Å². The molecule has 5 rings (SSSR count). The highest BCUT2D eigenvalue weighted by Crippen LogP contribution is 2.26. The van der Waals surface area contributed by atoms with Crippen molar-refractivity contribution in [3.8, 4) is 0 Å². The van der Waals surface area contributed by atoms with Gasteiger partial charge in [-0.3, -0.25) is 0 Å². The molecule has 8 nitrogen and oxygen atoms in total. The van der Waals surface area contributed by atoms with Crippen LogP contribution in [0, 0.1) is 0 Å². The van der Waals surface area contributed by atoms with Crippen molar-refractivity contribution in [2.24, 2.45) is 0 Å². The predicted molar refractivity (Wildman–Crippen MR) is 93.1 cm³/mol. The summed E-state index contributed by atoms with van der Waals surface area (Å²) in [6, 6.07) is 4.38. The minimum Gasteiger partial charge on any atom is -0.317 e. The Balaban J connectivity index is 1.62. The normalized spacial score (nSPS) is 16.0. The summed E-state index contributed by atoms with van der Waals surface area (Å²) in [6.07, 6.45) is 9.10. The highest BCUT2D eigenvalue weighted by atomic mass is 15.2. The fraction of sp³-hybridized carbons (Fsp3) is 0.353. The molecule has 25 heavy (non-hydrogen) atoms. The number of piperidine rings is 1. The van der Waals surface area contributed by atoms with Gasteiger partial charge < -0.3 is 14.5 Å². The van der Waals surface area contributed by atoms with Gasteiger partial charge in [0.25, 0.3) is 0 Å². The summed E-state index contributed by atoms with van der Waals surface area (Å²) in [5, 5.41) is 3.43. The first-order valence-electron chi connectivity index (χ1n) is 8.53. The van der Waals surface area contributed by atoms with Crippen molar-refractivity contribution in [2.75, 3.05) is 13.1 Å². The highest BCUT2D eigenvalue weighted by Gasteiger charge is 2.22. The third kappa shape index (κ3) is 2.45. The highest BCUT2D eigenvalue weighted by molar-refractivity contribution is 5.72. The monoisotopic (exact) mass is 334 g/mol. The molecule has 0 atom stereocenters. The number of rotatable bonds is 3. The number of nitrogens with one attached hydrogen (secondary N) is 1. The number of fused-ring (bicyclic) bond motifs is 2. The molecule has 0 radical (unpaired) electrons. The van der Waals surface area contributed by atoms with Crippen LogP contribution in [0.3, 0.4) is 0 Å². The summed E-state index contributed by atoms with van der Waals surface area (Å²) in [4.78, 5) is 22.2. The molecule has 0 spiro atoms. The molecule has 1 saturated heterocycles. The molecule has 5 heterocycles. The Kier molecular flexibility index (Phi) is 3.41. The summed E-state index contributed by atoms with van der Waals surface area (Å²) in [6.45, 7) is 2.67. The molecule has 1 aliphatic heterocycles. The second-order valence-electron chi connectivity index (χ2n) is 6.33. The zero-order chi connectivity index (χ0) is 16.6. The lowest BCUT2D eigenvalue weighted by atomic mass is 10.1.